The molecule has 116 valence electrons. The Kier molecular flexibility index (Phi) is 4.49. The van der Waals surface area contributed by atoms with Crippen molar-refractivity contribution in [3.63, 3.8) is 0 Å². The molecule has 0 saturated carbocycles. The summed E-state index contributed by atoms with van der Waals surface area (Å²) in [5.41, 5.74) is 2.07. The van der Waals surface area contributed by atoms with E-state index in [9.17, 15) is 4.79 Å². The number of pyridine rings is 1. The molecule has 1 saturated heterocycles. The van der Waals surface area contributed by atoms with Crippen LogP contribution in [0.4, 0.5) is 0 Å². The minimum absolute atomic E-state index is 0.129. The Morgan fingerprint density at radius 2 is 2.05 bits per heavy atom. The highest BCUT2D eigenvalue weighted by Crippen LogP contribution is 2.20. The zero-order chi connectivity index (χ0) is 15.5. The molecule has 1 aliphatic heterocycles. The summed E-state index contributed by atoms with van der Waals surface area (Å²) in [5.74, 6) is 0.129. The maximum absolute atomic E-state index is 12.6. The number of aromatic nitrogens is 2. The topological polar surface area (TPSA) is 49.3 Å². The van der Waals surface area contributed by atoms with Gasteiger partial charge in [-0.05, 0) is 25.5 Å². The van der Waals surface area contributed by atoms with E-state index in [0.29, 0.717) is 0 Å². The van der Waals surface area contributed by atoms with Crippen molar-refractivity contribution in [2.75, 3.05) is 26.2 Å². The monoisotopic (exact) mass is 316 g/mol. The van der Waals surface area contributed by atoms with Crippen molar-refractivity contribution < 1.29 is 4.79 Å². The van der Waals surface area contributed by atoms with Crippen LogP contribution in [0.1, 0.15) is 25.9 Å². The number of nitrogens with zero attached hydrogens (tertiary/aromatic N) is 4. The van der Waals surface area contributed by atoms with Crippen LogP contribution in [0.5, 0.6) is 0 Å². The van der Waals surface area contributed by atoms with E-state index in [1.165, 1.54) is 16.9 Å². The zero-order valence-corrected chi connectivity index (χ0v) is 13.8. The SMILES string of the molecule is Cc1nc(C)c(C(=O)N2CCN(Cc3cccnc3)CC2)s1. The number of carbonyl (C=O) groups excluding carboxylic acids is 1. The van der Waals surface area contributed by atoms with Gasteiger partial charge in [0.15, 0.2) is 0 Å². The number of aryl methyl sites for hydroxylation is 2. The molecule has 2 aromatic rings. The normalized spacial score (nSPS) is 16.0. The minimum atomic E-state index is 0.129. The fourth-order valence-electron chi connectivity index (χ4n) is 2.73. The van der Waals surface area contributed by atoms with Gasteiger partial charge in [0.05, 0.1) is 10.7 Å². The molecular weight excluding hydrogens is 296 g/mol. The molecule has 0 atom stereocenters. The molecule has 0 N–H and O–H groups in total. The Bertz CT molecular complexity index is 647. The number of hydrogen-bond acceptors (Lipinski definition) is 5. The Balaban J connectivity index is 1.57. The summed E-state index contributed by atoms with van der Waals surface area (Å²) in [5, 5.41) is 0.955. The quantitative estimate of drug-likeness (QED) is 0.870. The Labute approximate surface area is 134 Å². The summed E-state index contributed by atoms with van der Waals surface area (Å²) >= 11 is 1.50. The fourth-order valence-corrected chi connectivity index (χ4v) is 3.62. The van der Waals surface area contributed by atoms with Crippen LogP contribution < -0.4 is 0 Å². The van der Waals surface area contributed by atoms with Crippen molar-refractivity contribution in [2.24, 2.45) is 0 Å². The largest absolute Gasteiger partial charge is 0.335 e. The predicted octanol–water partition coefficient (Wildman–Crippen LogP) is 2.11. The van der Waals surface area contributed by atoms with Gasteiger partial charge >= 0.3 is 0 Å². The van der Waals surface area contributed by atoms with E-state index in [-0.39, 0.29) is 5.91 Å². The van der Waals surface area contributed by atoms with Crippen LogP contribution in [0.2, 0.25) is 0 Å². The first kappa shape index (κ1) is 15.1. The predicted molar refractivity (Wildman–Crippen MR) is 87.0 cm³/mol. The molecule has 0 unspecified atom stereocenters. The zero-order valence-electron chi connectivity index (χ0n) is 13.0. The first-order valence-corrected chi connectivity index (χ1v) is 8.29. The molecule has 1 aliphatic rings. The van der Waals surface area contributed by atoms with E-state index in [1.54, 1.807) is 6.20 Å². The number of amides is 1. The van der Waals surface area contributed by atoms with Gasteiger partial charge in [-0.25, -0.2) is 4.98 Å². The third-order valence-corrected chi connectivity index (χ3v) is 4.95. The molecule has 0 spiro atoms. The average Bonchev–Trinajstić information content (AvgIpc) is 2.87. The first-order chi connectivity index (χ1) is 10.6. The molecule has 0 aromatic carbocycles. The van der Waals surface area contributed by atoms with Crippen LogP contribution in [0.25, 0.3) is 0 Å². The highest BCUT2D eigenvalue weighted by atomic mass is 32.1. The van der Waals surface area contributed by atoms with E-state index in [0.717, 1.165) is 48.3 Å². The number of thiazole rings is 1. The van der Waals surface area contributed by atoms with Gasteiger partial charge in [-0.3, -0.25) is 14.7 Å². The van der Waals surface area contributed by atoms with Gasteiger partial charge in [0, 0.05) is 45.1 Å². The second kappa shape index (κ2) is 6.54. The maximum atomic E-state index is 12.6. The smallest absolute Gasteiger partial charge is 0.265 e. The molecule has 0 aliphatic carbocycles. The molecule has 1 amide bonds. The van der Waals surface area contributed by atoms with Crippen molar-refractivity contribution in [2.45, 2.75) is 20.4 Å². The molecule has 3 rings (SSSR count). The maximum Gasteiger partial charge on any atom is 0.265 e. The van der Waals surface area contributed by atoms with Crippen LogP contribution in [-0.4, -0.2) is 51.9 Å². The molecular formula is C16H20N4OS. The van der Waals surface area contributed by atoms with Crippen LogP contribution >= 0.6 is 11.3 Å². The summed E-state index contributed by atoms with van der Waals surface area (Å²) in [4.78, 5) is 26.2. The first-order valence-electron chi connectivity index (χ1n) is 7.48. The number of hydrogen-bond donors (Lipinski definition) is 0. The van der Waals surface area contributed by atoms with Crippen molar-refractivity contribution >= 4 is 17.2 Å². The third kappa shape index (κ3) is 3.34. The average molecular weight is 316 g/mol. The summed E-state index contributed by atoms with van der Waals surface area (Å²) in [6, 6.07) is 4.05. The van der Waals surface area contributed by atoms with Gasteiger partial charge in [0.1, 0.15) is 4.88 Å². The minimum Gasteiger partial charge on any atom is -0.335 e. The number of piperazine rings is 1. The lowest BCUT2D eigenvalue weighted by Crippen LogP contribution is -2.48. The van der Waals surface area contributed by atoms with Crippen LogP contribution in [0.15, 0.2) is 24.5 Å². The summed E-state index contributed by atoms with van der Waals surface area (Å²) < 4.78 is 0. The molecule has 0 radical (unpaired) electrons. The van der Waals surface area contributed by atoms with E-state index >= 15 is 0 Å². The standard InChI is InChI=1S/C16H20N4OS/c1-12-15(22-13(2)18-12)16(21)20-8-6-19(7-9-20)11-14-4-3-5-17-10-14/h3-5,10H,6-9,11H2,1-2H3. The van der Waals surface area contributed by atoms with Gasteiger partial charge in [0.2, 0.25) is 0 Å². The van der Waals surface area contributed by atoms with Gasteiger partial charge < -0.3 is 4.90 Å². The number of rotatable bonds is 3. The lowest BCUT2D eigenvalue weighted by atomic mass is 10.2. The molecule has 0 bridgehead atoms. The van der Waals surface area contributed by atoms with Gasteiger partial charge in [-0.15, -0.1) is 11.3 Å². The third-order valence-electron chi connectivity index (χ3n) is 3.89. The van der Waals surface area contributed by atoms with Crippen LogP contribution in [-0.2, 0) is 6.54 Å². The Morgan fingerprint density at radius 3 is 2.64 bits per heavy atom. The molecule has 5 nitrogen and oxygen atoms in total. The van der Waals surface area contributed by atoms with E-state index in [4.69, 9.17) is 0 Å². The highest BCUT2D eigenvalue weighted by Gasteiger charge is 2.24. The molecule has 1 fully saturated rings. The van der Waals surface area contributed by atoms with Crippen LogP contribution in [0.3, 0.4) is 0 Å². The van der Waals surface area contributed by atoms with Gasteiger partial charge in [-0.1, -0.05) is 6.07 Å². The Hall–Kier alpha value is -1.79. The van der Waals surface area contributed by atoms with E-state index in [2.05, 4.69) is 20.9 Å². The lowest BCUT2D eigenvalue weighted by molar-refractivity contribution is 0.0632. The van der Waals surface area contributed by atoms with Gasteiger partial charge in [0.25, 0.3) is 5.91 Å². The van der Waals surface area contributed by atoms with Crippen molar-refractivity contribution in [1.82, 2.24) is 19.8 Å². The fraction of sp³-hybridized carbons (Fsp3) is 0.438. The summed E-state index contributed by atoms with van der Waals surface area (Å²) in [7, 11) is 0. The van der Waals surface area contributed by atoms with E-state index in [1.807, 2.05) is 31.0 Å². The Morgan fingerprint density at radius 1 is 1.27 bits per heavy atom. The molecule has 22 heavy (non-hydrogen) atoms. The van der Waals surface area contributed by atoms with Crippen molar-refractivity contribution in [1.29, 1.82) is 0 Å². The van der Waals surface area contributed by atoms with Crippen LogP contribution in [0, 0.1) is 13.8 Å². The molecule has 6 heteroatoms. The summed E-state index contributed by atoms with van der Waals surface area (Å²) in [6.45, 7) is 8.10. The van der Waals surface area contributed by atoms with Gasteiger partial charge in [-0.2, -0.15) is 0 Å². The summed E-state index contributed by atoms with van der Waals surface area (Å²) in [6.07, 6.45) is 3.69. The molecule has 3 heterocycles. The second-order valence-electron chi connectivity index (χ2n) is 5.58. The van der Waals surface area contributed by atoms with Crippen molar-refractivity contribution in [3.8, 4) is 0 Å². The lowest BCUT2D eigenvalue weighted by Gasteiger charge is -2.34. The molecule has 2 aromatic heterocycles. The van der Waals surface area contributed by atoms with E-state index < -0.39 is 0 Å². The number of carbonyl (C=O) groups is 1. The second-order valence-corrected chi connectivity index (χ2v) is 6.78. The van der Waals surface area contributed by atoms with Crippen molar-refractivity contribution in [3.05, 3.63) is 45.7 Å². The highest BCUT2D eigenvalue weighted by molar-refractivity contribution is 7.13.